The molecular formula is C45H40ClP3. The van der Waals surface area contributed by atoms with Crippen LogP contribution < -0.4 is 37.1 Å². The number of hydrogen-bond donors (Lipinski definition) is 0. The van der Waals surface area contributed by atoms with Crippen LogP contribution in [0.3, 0.4) is 0 Å². The van der Waals surface area contributed by atoms with E-state index >= 15 is 0 Å². The Balaban J connectivity index is 1.56. The van der Waals surface area contributed by atoms with Crippen LogP contribution in [0.25, 0.3) is 0 Å². The second kappa shape index (κ2) is 15.3. The van der Waals surface area contributed by atoms with Gasteiger partial charge >= 0.3 is 300 Å². The van der Waals surface area contributed by atoms with E-state index in [4.69, 9.17) is 11.2 Å². The monoisotopic (exact) mass is 708 g/mol. The van der Waals surface area contributed by atoms with E-state index in [9.17, 15) is 0 Å². The summed E-state index contributed by atoms with van der Waals surface area (Å²) in [4.78, 5) is 0. The van der Waals surface area contributed by atoms with Crippen LogP contribution in [-0.4, -0.2) is 11.6 Å². The molecule has 0 aromatic heterocycles. The first-order valence-corrected chi connectivity index (χ1v) is 23.0. The fraction of sp³-hybridized carbons (Fsp3) is 0.0667. The summed E-state index contributed by atoms with van der Waals surface area (Å²) >= 11 is 9.16. The molecule has 242 valence electrons. The topological polar surface area (TPSA) is 0 Å². The summed E-state index contributed by atoms with van der Waals surface area (Å²) in [6.45, 7) is 0. The van der Waals surface area contributed by atoms with Crippen molar-refractivity contribution in [3.05, 3.63) is 212 Å². The van der Waals surface area contributed by atoms with Gasteiger partial charge < -0.3 is 0 Å². The average Bonchev–Trinajstić information content (AvgIpc) is 3.20. The van der Waals surface area contributed by atoms with Gasteiger partial charge in [0.25, 0.3) is 0 Å². The summed E-state index contributed by atoms with van der Waals surface area (Å²) in [6.07, 6.45) is 1.97. The molecular weight excluding hydrogens is 669 g/mol. The van der Waals surface area contributed by atoms with Gasteiger partial charge in [0, 0.05) is 0 Å². The summed E-state index contributed by atoms with van der Waals surface area (Å²) in [5.41, 5.74) is 0. The minimum absolute atomic E-state index is 0.0806. The first-order chi connectivity index (χ1) is 24.2. The number of halogens is 1. The predicted molar refractivity (Wildman–Crippen MR) is 222 cm³/mol. The van der Waals surface area contributed by atoms with Gasteiger partial charge in [-0.05, 0) is 0 Å². The standard InChI is InChI=1S/C45H40ClP3/c46-49(42-30-16-5-17-31-42,43-32-18-6-19-33-43,44-34-20-7-21-35-44)45(48(40-26-12-3-13-27-40)41-28-14-4-15-29-41)36-37-47(38-22-8-1-9-23-38)39-24-10-2-11-25-39/h1-35,45H,36-37H2. The molecule has 7 aromatic carbocycles. The van der Waals surface area contributed by atoms with E-state index in [2.05, 4.69) is 212 Å². The van der Waals surface area contributed by atoms with E-state index in [0.29, 0.717) is 0 Å². The van der Waals surface area contributed by atoms with Gasteiger partial charge in [0.05, 0.1) is 0 Å². The fourth-order valence-corrected chi connectivity index (χ4v) is 23.0. The first-order valence-electron chi connectivity index (χ1n) is 16.8. The van der Waals surface area contributed by atoms with Gasteiger partial charge in [0.1, 0.15) is 0 Å². The van der Waals surface area contributed by atoms with Crippen LogP contribution >= 0.6 is 33.0 Å². The van der Waals surface area contributed by atoms with Crippen molar-refractivity contribution in [2.75, 3.05) is 6.16 Å². The molecule has 0 aliphatic carbocycles. The summed E-state index contributed by atoms with van der Waals surface area (Å²) < 4.78 is 0. The molecule has 0 N–H and O–H groups in total. The van der Waals surface area contributed by atoms with Crippen molar-refractivity contribution >= 4 is 70.2 Å². The molecule has 0 radical (unpaired) electrons. The van der Waals surface area contributed by atoms with E-state index < -0.39 is 21.8 Å². The maximum atomic E-state index is 9.16. The Morgan fingerprint density at radius 2 is 0.633 bits per heavy atom. The second-order valence-corrected chi connectivity index (χ2v) is 23.8. The third-order valence-electron chi connectivity index (χ3n) is 9.46. The molecule has 0 bridgehead atoms. The molecule has 7 rings (SSSR count). The predicted octanol–water partition coefficient (Wildman–Crippen LogP) is 9.65. The quantitative estimate of drug-likeness (QED) is 0.111. The van der Waals surface area contributed by atoms with E-state index in [-0.39, 0.29) is 5.40 Å². The maximum absolute atomic E-state index is 9.16. The molecule has 0 heterocycles. The van der Waals surface area contributed by atoms with Gasteiger partial charge in [0.2, 0.25) is 0 Å². The summed E-state index contributed by atoms with van der Waals surface area (Å²) in [5, 5.41) is 9.27. The number of benzene rings is 7. The van der Waals surface area contributed by atoms with Crippen LogP contribution in [0.5, 0.6) is 0 Å². The minimum atomic E-state index is -3.79. The molecule has 0 spiro atoms. The second-order valence-electron chi connectivity index (χ2n) is 12.2. The van der Waals surface area contributed by atoms with E-state index in [1.165, 1.54) is 37.1 Å². The van der Waals surface area contributed by atoms with Crippen molar-refractivity contribution in [2.24, 2.45) is 0 Å². The van der Waals surface area contributed by atoms with Gasteiger partial charge in [-0.1, -0.05) is 0 Å². The molecule has 0 aliphatic heterocycles. The molecule has 0 amide bonds. The van der Waals surface area contributed by atoms with Crippen molar-refractivity contribution in [3.8, 4) is 0 Å². The molecule has 0 nitrogen and oxygen atoms in total. The Labute approximate surface area is 299 Å². The van der Waals surface area contributed by atoms with Crippen molar-refractivity contribution in [1.29, 1.82) is 0 Å². The Hall–Kier alpha value is -3.88. The van der Waals surface area contributed by atoms with Crippen LogP contribution in [0.1, 0.15) is 6.42 Å². The molecule has 0 saturated heterocycles. The zero-order valence-corrected chi connectivity index (χ0v) is 30.9. The number of rotatable bonds is 12. The molecule has 7 aromatic rings. The molecule has 4 heteroatoms. The van der Waals surface area contributed by atoms with Crippen molar-refractivity contribution in [3.63, 3.8) is 0 Å². The Kier molecular flexibility index (Phi) is 10.5. The Morgan fingerprint density at radius 1 is 0.367 bits per heavy atom. The number of hydrogen-bond acceptors (Lipinski definition) is 0. The zero-order valence-electron chi connectivity index (χ0n) is 27.4. The van der Waals surface area contributed by atoms with E-state index in [0.717, 1.165) is 12.6 Å². The summed E-state index contributed by atoms with van der Waals surface area (Å²) in [6, 6.07) is 77.9. The molecule has 1 atom stereocenters. The molecule has 0 aliphatic rings. The van der Waals surface area contributed by atoms with Gasteiger partial charge in [-0.2, -0.15) is 0 Å². The van der Waals surface area contributed by atoms with Crippen LogP contribution in [0, 0.1) is 0 Å². The summed E-state index contributed by atoms with van der Waals surface area (Å²) in [5.74, 6) is -3.79. The third-order valence-corrected chi connectivity index (χ3v) is 24.8. The van der Waals surface area contributed by atoms with Crippen LogP contribution in [0.4, 0.5) is 0 Å². The van der Waals surface area contributed by atoms with Crippen molar-refractivity contribution in [2.45, 2.75) is 11.8 Å². The molecule has 0 fully saturated rings. The van der Waals surface area contributed by atoms with Gasteiger partial charge in [-0.15, -0.1) is 0 Å². The summed E-state index contributed by atoms with van der Waals surface area (Å²) in [7, 11) is -1.60. The third kappa shape index (κ3) is 6.57. The normalized spacial score (nSPS) is 13.1. The van der Waals surface area contributed by atoms with Crippen LogP contribution in [0.15, 0.2) is 212 Å². The first kappa shape index (κ1) is 33.6. The molecule has 1 unspecified atom stereocenters. The van der Waals surface area contributed by atoms with Crippen molar-refractivity contribution in [1.82, 2.24) is 0 Å². The van der Waals surface area contributed by atoms with Gasteiger partial charge in [-0.25, -0.2) is 0 Å². The Morgan fingerprint density at radius 3 is 0.939 bits per heavy atom. The Bertz CT molecular complexity index is 1850. The van der Waals surface area contributed by atoms with Crippen LogP contribution in [-0.2, 0) is 0 Å². The van der Waals surface area contributed by atoms with E-state index in [1.807, 2.05) is 0 Å². The zero-order chi connectivity index (χ0) is 33.4. The fourth-order valence-electron chi connectivity index (χ4n) is 7.25. The average molecular weight is 709 g/mol. The molecule has 49 heavy (non-hydrogen) atoms. The van der Waals surface area contributed by atoms with Crippen LogP contribution in [0.2, 0.25) is 0 Å². The van der Waals surface area contributed by atoms with Gasteiger partial charge in [-0.3, -0.25) is 0 Å². The van der Waals surface area contributed by atoms with Gasteiger partial charge in [0.15, 0.2) is 0 Å². The van der Waals surface area contributed by atoms with E-state index in [1.54, 1.807) is 0 Å². The SMILES string of the molecule is ClP(c1ccccc1)(c1ccccc1)(c1ccccc1)C(CCP(c1ccccc1)c1ccccc1)P(c1ccccc1)c1ccccc1. The molecule has 0 saturated carbocycles. The van der Waals surface area contributed by atoms with Crippen molar-refractivity contribution < 1.29 is 0 Å².